The minimum Gasteiger partial charge on any atom is -0.476 e. The SMILES string of the molecule is CCCS(=O)(=O)CC(=O)NCc1nc(C(=O)O)cs1. The van der Waals surface area contributed by atoms with Gasteiger partial charge in [0.15, 0.2) is 15.5 Å². The molecule has 1 aromatic heterocycles. The molecule has 0 aromatic carbocycles. The minimum atomic E-state index is -3.37. The number of aromatic carboxylic acids is 1. The number of hydrogen-bond acceptors (Lipinski definition) is 6. The standard InChI is InChI=1S/C10H14N2O5S2/c1-2-3-19(16,17)6-8(13)11-4-9-12-7(5-18-9)10(14)15/h5H,2-4,6H2,1H3,(H,11,13)(H,14,15). The topological polar surface area (TPSA) is 113 Å². The summed E-state index contributed by atoms with van der Waals surface area (Å²) in [5.41, 5.74) is -0.0900. The van der Waals surface area contributed by atoms with Crippen LogP contribution in [0.5, 0.6) is 0 Å². The van der Waals surface area contributed by atoms with Crippen LogP contribution in [-0.4, -0.2) is 41.9 Å². The van der Waals surface area contributed by atoms with Gasteiger partial charge in [-0.15, -0.1) is 11.3 Å². The van der Waals surface area contributed by atoms with Gasteiger partial charge in [-0.1, -0.05) is 6.92 Å². The van der Waals surface area contributed by atoms with Crippen LogP contribution in [0, 0.1) is 0 Å². The van der Waals surface area contributed by atoms with E-state index in [9.17, 15) is 18.0 Å². The van der Waals surface area contributed by atoms with Crippen molar-refractivity contribution in [1.82, 2.24) is 10.3 Å². The van der Waals surface area contributed by atoms with Gasteiger partial charge in [-0.25, -0.2) is 18.2 Å². The smallest absolute Gasteiger partial charge is 0.355 e. The summed E-state index contributed by atoms with van der Waals surface area (Å²) >= 11 is 1.09. The Hall–Kier alpha value is -1.48. The van der Waals surface area contributed by atoms with Crippen molar-refractivity contribution in [2.75, 3.05) is 11.5 Å². The number of amides is 1. The molecule has 2 N–H and O–H groups in total. The van der Waals surface area contributed by atoms with Crippen LogP contribution in [-0.2, 0) is 21.2 Å². The molecular weight excluding hydrogens is 292 g/mol. The third-order valence-electron chi connectivity index (χ3n) is 2.07. The highest BCUT2D eigenvalue weighted by atomic mass is 32.2. The van der Waals surface area contributed by atoms with E-state index in [0.29, 0.717) is 11.4 Å². The Labute approximate surface area is 114 Å². The molecule has 0 saturated carbocycles. The Morgan fingerprint density at radius 2 is 2.16 bits per heavy atom. The van der Waals surface area contributed by atoms with Crippen LogP contribution < -0.4 is 5.32 Å². The van der Waals surface area contributed by atoms with E-state index in [1.165, 1.54) is 5.38 Å². The van der Waals surface area contributed by atoms with E-state index in [-0.39, 0.29) is 18.0 Å². The zero-order chi connectivity index (χ0) is 14.5. The van der Waals surface area contributed by atoms with E-state index in [4.69, 9.17) is 5.11 Å². The Morgan fingerprint density at radius 1 is 1.47 bits per heavy atom. The number of carboxylic acid groups (broad SMARTS) is 1. The molecule has 1 amide bonds. The number of carbonyl (C=O) groups is 2. The fourth-order valence-corrected chi connectivity index (χ4v) is 3.27. The number of nitrogens with zero attached hydrogens (tertiary/aromatic N) is 1. The van der Waals surface area contributed by atoms with Crippen molar-refractivity contribution in [3.05, 3.63) is 16.1 Å². The lowest BCUT2D eigenvalue weighted by Crippen LogP contribution is -2.30. The Morgan fingerprint density at radius 3 is 2.68 bits per heavy atom. The van der Waals surface area contributed by atoms with Crippen molar-refractivity contribution in [2.24, 2.45) is 0 Å². The van der Waals surface area contributed by atoms with Crippen molar-refractivity contribution in [3.8, 4) is 0 Å². The molecule has 0 unspecified atom stereocenters. The lowest BCUT2D eigenvalue weighted by molar-refractivity contribution is -0.118. The fourth-order valence-electron chi connectivity index (χ4n) is 1.30. The van der Waals surface area contributed by atoms with Crippen LogP contribution in [0.2, 0.25) is 0 Å². The summed E-state index contributed by atoms with van der Waals surface area (Å²) in [6.45, 7) is 1.75. The van der Waals surface area contributed by atoms with Gasteiger partial charge < -0.3 is 10.4 Å². The molecule has 0 aliphatic rings. The number of carboxylic acids is 1. The second-order valence-corrected chi connectivity index (χ2v) is 6.93. The van der Waals surface area contributed by atoms with Gasteiger partial charge >= 0.3 is 5.97 Å². The highest BCUT2D eigenvalue weighted by molar-refractivity contribution is 7.92. The summed E-state index contributed by atoms with van der Waals surface area (Å²) < 4.78 is 22.8. The number of sulfone groups is 1. The predicted molar refractivity (Wildman–Crippen MR) is 69.9 cm³/mol. The van der Waals surface area contributed by atoms with E-state index < -0.39 is 27.5 Å². The lowest BCUT2D eigenvalue weighted by atomic mass is 10.5. The highest BCUT2D eigenvalue weighted by Crippen LogP contribution is 2.09. The van der Waals surface area contributed by atoms with Crippen molar-refractivity contribution in [3.63, 3.8) is 0 Å². The first-order valence-electron chi connectivity index (χ1n) is 5.49. The summed E-state index contributed by atoms with van der Waals surface area (Å²) in [7, 11) is -3.37. The average molecular weight is 306 g/mol. The zero-order valence-corrected chi connectivity index (χ0v) is 11.9. The molecule has 0 radical (unpaired) electrons. The molecular formula is C10H14N2O5S2. The molecule has 0 spiro atoms. The molecule has 1 heterocycles. The fraction of sp³-hybridized carbons (Fsp3) is 0.500. The van der Waals surface area contributed by atoms with E-state index in [1.54, 1.807) is 6.92 Å². The van der Waals surface area contributed by atoms with Crippen LogP contribution in [0.15, 0.2) is 5.38 Å². The van der Waals surface area contributed by atoms with Crippen LogP contribution >= 0.6 is 11.3 Å². The van der Waals surface area contributed by atoms with Crippen molar-refractivity contribution < 1.29 is 23.1 Å². The van der Waals surface area contributed by atoms with Crippen molar-refractivity contribution in [1.29, 1.82) is 0 Å². The van der Waals surface area contributed by atoms with Crippen LogP contribution in [0.3, 0.4) is 0 Å². The van der Waals surface area contributed by atoms with Gasteiger partial charge in [0, 0.05) is 5.38 Å². The average Bonchev–Trinajstić information content (AvgIpc) is 2.74. The van der Waals surface area contributed by atoms with Gasteiger partial charge in [-0.2, -0.15) is 0 Å². The lowest BCUT2D eigenvalue weighted by Gasteiger charge is -2.03. The normalized spacial score (nSPS) is 11.2. The first-order chi connectivity index (χ1) is 8.84. The van der Waals surface area contributed by atoms with Gasteiger partial charge in [-0.05, 0) is 6.42 Å². The summed E-state index contributed by atoms with van der Waals surface area (Å²) in [5, 5.41) is 12.8. The van der Waals surface area contributed by atoms with Gasteiger partial charge in [0.1, 0.15) is 10.8 Å². The first-order valence-corrected chi connectivity index (χ1v) is 8.19. The second kappa shape index (κ2) is 6.62. The largest absolute Gasteiger partial charge is 0.476 e. The van der Waals surface area contributed by atoms with Gasteiger partial charge in [0.25, 0.3) is 0 Å². The maximum absolute atomic E-state index is 11.4. The van der Waals surface area contributed by atoms with Crippen molar-refractivity contribution >= 4 is 33.1 Å². The van der Waals surface area contributed by atoms with Crippen LogP contribution in [0.4, 0.5) is 0 Å². The molecule has 0 bridgehead atoms. The first kappa shape index (κ1) is 15.6. The number of rotatable bonds is 7. The van der Waals surface area contributed by atoms with Gasteiger partial charge in [-0.3, -0.25) is 4.79 Å². The number of hydrogen-bond donors (Lipinski definition) is 2. The summed E-state index contributed by atoms with van der Waals surface area (Å²) in [6.07, 6.45) is 0.462. The number of aromatic nitrogens is 1. The van der Waals surface area contributed by atoms with Crippen molar-refractivity contribution in [2.45, 2.75) is 19.9 Å². The van der Waals surface area contributed by atoms with Crippen LogP contribution in [0.1, 0.15) is 28.8 Å². The third kappa shape index (κ3) is 5.35. The quantitative estimate of drug-likeness (QED) is 0.748. The van der Waals surface area contributed by atoms with Gasteiger partial charge in [0.2, 0.25) is 5.91 Å². The zero-order valence-electron chi connectivity index (χ0n) is 10.2. The summed E-state index contributed by atoms with van der Waals surface area (Å²) in [5.74, 6) is -2.33. The highest BCUT2D eigenvalue weighted by Gasteiger charge is 2.16. The maximum atomic E-state index is 11.4. The third-order valence-corrected chi connectivity index (χ3v) is 4.65. The molecule has 0 atom stereocenters. The number of carbonyl (C=O) groups excluding carboxylic acids is 1. The maximum Gasteiger partial charge on any atom is 0.355 e. The molecule has 1 rings (SSSR count). The predicted octanol–water partition coefficient (Wildman–Crippen LogP) is 0.282. The Bertz CT molecular complexity index is 564. The van der Waals surface area contributed by atoms with E-state index in [0.717, 1.165) is 11.3 Å². The molecule has 106 valence electrons. The Balaban J connectivity index is 2.48. The molecule has 19 heavy (non-hydrogen) atoms. The summed E-state index contributed by atoms with van der Waals surface area (Å²) in [6, 6.07) is 0. The molecule has 0 saturated heterocycles. The molecule has 7 nitrogen and oxygen atoms in total. The molecule has 9 heteroatoms. The monoisotopic (exact) mass is 306 g/mol. The Kier molecular flexibility index (Phi) is 5.43. The molecule has 0 fully saturated rings. The minimum absolute atomic E-state index is 0.0262. The summed E-state index contributed by atoms with van der Waals surface area (Å²) in [4.78, 5) is 25.8. The molecule has 0 aliphatic heterocycles. The van der Waals surface area contributed by atoms with Crippen LogP contribution in [0.25, 0.3) is 0 Å². The van der Waals surface area contributed by atoms with E-state index in [2.05, 4.69) is 10.3 Å². The second-order valence-electron chi connectivity index (χ2n) is 3.80. The number of thiazole rings is 1. The molecule has 0 aliphatic carbocycles. The van der Waals surface area contributed by atoms with Gasteiger partial charge in [0.05, 0.1) is 12.3 Å². The number of nitrogens with one attached hydrogen (secondary N) is 1. The molecule has 1 aromatic rings. The van der Waals surface area contributed by atoms with E-state index in [1.807, 2.05) is 0 Å². The van der Waals surface area contributed by atoms with E-state index >= 15 is 0 Å².